The molecule has 6 heteroatoms. The van der Waals surface area contributed by atoms with Gasteiger partial charge in [-0.3, -0.25) is 4.79 Å². The molecule has 0 bridgehead atoms. The SMILES string of the molecule is O=C(O)CCc1ccccc1OC1CS(=O)(=O)C1. The minimum absolute atomic E-state index is 0.0311. The van der Waals surface area contributed by atoms with E-state index in [1.165, 1.54) is 0 Å². The van der Waals surface area contributed by atoms with E-state index < -0.39 is 15.8 Å². The number of benzene rings is 1. The summed E-state index contributed by atoms with van der Waals surface area (Å²) in [7, 11) is -2.91. The van der Waals surface area contributed by atoms with E-state index in [2.05, 4.69) is 0 Å². The quantitative estimate of drug-likeness (QED) is 0.859. The number of para-hydroxylation sites is 1. The van der Waals surface area contributed by atoms with Crippen LogP contribution in [0.15, 0.2) is 24.3 Å². The number of rotatable bonds is 5. The molecule has 1 heterocycles. The predicted octanol–water partition coefficient (Wildman–Crippen LogP) is 0.880. The van der Waals surface area contributed by atoms with Gasteiger partial charge in [0.2, 0.25) is 0 Å². The summed E-state index contributed by atoms with van der Waals surface area (Å²) < 4.78 is 27.6. The zero-order chi connectivity index (χ0) is 13.2. The molecule has 18 heavy (non-hydrogen) atoms. The van der Waals surface area contributed by atoms with Crippen LogP contribution in [0.5, 0.6) is 5.75 Å². The Morgan fingerprint density at radius 2 is 2.00 bits per heavy atom. The van der Waals surface area contributed by atoms with Crippen LogP contribution < -0.4 is 4.74 Å². The van der Waals surface area contributed by atoms with Gasteiger partial charge in [0.15, 0.2) is 9.84 Å². The minimum Gasteiger partial charge on any atom is -0.488 e. The number of aryl methyl sites for hydroxylation is 1. The molecular weight excluding hydrogens is 256 g/mol. The Labute approximate surface area is 105 Å². The average Bonchev–Trinajstić information content (AvgIpc) is 2.25. The first kappa shape index (κ1) is 12.9. The molecule has 0 aromatic heterocycles. The third-order valence-electron chi connectivity index (χ3n) is 2.75. The van der Waals surface area contributed by atoms with Crippen LogP contribution in [0.25, 0.3) is 0 Å². The molecule has 0 aliphatic carbocycles. The van der Waals surface area contributed by atoms with Crippen molar-refractivity contribution >= 4 is 15.8 Å². The van der Waals surface area contributed by atoms with E-state index in [1.54, 1.807) is 18.2 Å². The van der Waals surface area contributed by atoms with E-state index in [0.717, 1.165) is 5.56 Å². The molecule has 1 aliphatic rings. The van der Waals surface area contributed by atoms with E-state index in [9.17, 15) is 13.2 Å². The summed E-state index contributed by atoms with van der Waals surface area (Å²) in [6.07, 6.45) is 0.106. The van der Waals surface area contributed by atoms with Crippen molar-refractivity contribution in [2.75, 3.05) is 11.5 Å². The molecule has 0 spiro atoms. The Kier molecular flexibility index (Phi) is 3.56. The van der Waals surface area contributed by atoms with Gasteiger partial charge in [0, 0.05) is 6.42 Å². The number of hydrogen-bond donors (Lipinski definition) is 1. The predicted molar refractivity (Wildman–Crippen MR) is 65.5 cm³/mol. The van der Waals surface area contributed by atoms with Gasteiger partial charge in [0.25, 0.3) is 0 Å². The molecule has 0 atom stereocenters. The molecule has 98 valence electrons. The maximum atomic E-state index is 11.0. The fourth-order valence-electron chi connectivity index (χ4n) is 1.83. The van der Waals surface area contributed by atoms with Crippen LogP contribution in [0.4, 0.5) is 0 Å². The third-order valence-corrected chi connectivity index (χ3v) is 4.51. The second-order valence-corrected chi connectivity index (χ2v) is 6.47. The smallest absolute Gasteiger partial charge is 0.303 e. The van der Waals surface area contributed by atoms with Crippen molar-refractivity contribution in [3.63, 3.8) is 0 Å². The Morgan fingerprint density at radius 1 is 1.33 bits per heavy atom. The van der Waals surface area contributed by atoms with Gasteiger partial charge >= 0.3 is 5.97 Å². The van der Waals surface area contributed by atoms with Gasteiger partial charge in [-0.25, -0.2) is 8.42 Å². The normalized spacial score (nSPS) is 18.0. The Hall–Kier alpha value is -1.56. The van der Waals surface area contributed by atoms with E-state index >= 15 is 0 Å². The highest BCUT2D eigenvalue weighted by Gasteiger charge is 2.35. The summed E-state index contributed by atoms with van der Waals surface area (Å²) in [6, 6.07) is 7.13. The molecule has 1 aliphatic heterocycles. The molecule has 0 amide bonds. The minimum atomic E-state index is -2.91. The molecule has 1 aromatic rings. The zero-order valence-corrected chi connectivity index (χ0v) is 10.5. The maximum absolute atomic E-state index is 11.0. The molecule has 1 N–H and O–H groups in total. The summed E-state index contributed by atoms with van der Waals surface area (Å²) in [5.41, 5.74) is 0.796. The Morgan fingerprint density at radius 3 is 2.61 bits per heavy atom. The molecular formula is C12H14O5S. The number of aliphatic carboxylic acids is 1. The summed E-state index contributed by atoms with van der Waals surface area (Å²) >= 11 is 0. The lowest BCUT2D eigenvalue weighted by molar-refractivity contribution is -0.136. The fourth-order valence-corrected chi connectivity index (χ4v) is 3.00. The van der Waals surface area contributed by atoms with E-state index in [0.29, 0.717) is 12.2 Å². The number of carboxylic acids is 1. The van der Waals surface area contributed by atoms with Crippen molar-refractivity contribution in [2.45, 2.75) is 18.9 Å². The topological polar surface area (TPSA) is 80.7 Å². The molecule has 5 nitrogen and oxygen atoms in total. The number of hydrogen-bond acceptors (Lipinski definition) is 4. The van der Waals surface area contributed by atoms with Gasteiger partial charge < -0.3 is 9.84 Å². The monoisotopic (exact) mass is 270 g/mol. The van der Waals surface area contributed by atoms with Crippen LogP contribution in [0.3, 0.4) is 0 Å². The van der Waals surface area contributed by atoms with Crippen LogP contribution in [0.2, 0.25) is 0 Å². The summed E-state index contributed by atoms with van der Waals surface area (Å²) in [6.45, 7) is 0. The van der Waals surface area contributed by atoms with E-state index in [4.69, 9.17) is 9.84 Å². The number of carboxylic acid groups (broad SMARTS) is 1. The second-order valence-electron chi connectivity index (χ2n) is 4.32. The fraction of sp³-hybridized carbons (Fsp3) is 0.417. The van der Waals surface area contributed by atoms with E-state index in [-0.39, 0.29) is 24.0 Å². The van der Waals surface area contributed by atoms with Gasteiger partial charge in [-0.05, 0) is 18.1 Å². The van der Waals surface area contributed by atoms with Gasteiger partial charge in [0.1, 0.15) is 11.9 Å². The second kappa shape index (κ2) is 4.97. The molecule has 1 saturated heterocycles. The highest BCUT2D eigenvalue weighted by molar-refractivity contribution is 7.92. The average molecular weight is 270 g/mol. The molecule has 0 saturated carbocycles. The van der Waals surface area contributed by atoms with Crippen LogP contribution in [0, 0.1) is 0 Å². The zero-order valence-electron chi connectivity index (χ0n) is 9.70. The Bertz CT molecular complexity index is 537. The summed E-state index contributed by atoms with van der Waals surface area (Å²) in [5, 5.41) is 8.65. The van der Waals surface area contributed by atoms with Crippen molar-refractivity contribution < 1.29 is 23.1 Å². The first-order chi connectivity index (χ1) is 8.46. The number of ether oxygens (including phenoxy) is 1. The highest BCUT2D eigenvalue weighted by Crippen LogP contribution is 2.24. The largest absolute Gasteiger partial charge is 0.488 e. The van der Waals surface area contributed by atoms with Crippen LogP contribution in [0.1, 0.15) is 12.0 Å². The van der Waals surface area contributed by atoms with Crippen molar-refractivity contribution in [1.29, 1.82) is 0 Å². The van der Waals surface area contributed by atoms with Crippen molar-refractivity contribution in [3.8, 4) is 5.75 Å². The standard InChI is InChI=1S/C12H14O5S/c13-12(14)6-5-9-3-1-2-4-11(9)17-10-7-18(15,16)8-10/h1-4,10H,5-8H2,(H,13,14). The van der Waals surface area contributed by atoms with Crippen molar-refractivity contribution in [1.82, 2.24) is 0 Å². The van der Waals surface area contributed by atoms with Gasteiger partial charge in [0.05, 0.1) is 11.5 Å². The third kappa shape index (κ3) is 3.22. The molecule has 0 radical (unpaired) electrons. The first-order valence-electron chi connectivity index (χ1n) is 5.63. The van der Waals surface area contributed by atoms with E-state index in [1.807, 2.05) is 6.07 Å². The van der Waals surface area contributed by atoms with Gasteiger partial charge in [-0.15, -0.1) is 0 Å². The van der Waals surface area contributed by atoms with Gasteiger partial charge in [-0.2, -0.15) is 0 Å². The van der Waals surface area contributed by atoms with Crippen LogP contribution in [-0.2, 0) is 21.1 Å². The number of sulfone groups is 1. The molecule has 0 unspecified atom stereocenters. The molecule has 1 aromatic carbocycles. The molecule has 2 rings (SSSR count). The van der Waals surface area contributed by atoms with Crippen molar-refractivity contribution in [2.24, 2.45) is 0 Å². The highest BCUT2D eigenvalue weighted by atomic mass is 32.2. The lowest BCUT2D eigenvalue weighted by atomic mass is 10.1. The van der Waals surface area contributed by atoms with Crippen LogP contribution >= 0.6 is 0 Å². The molecule has 1 fully saturated rings. The lowest BCUT2D eigenvalue weighted by Crippen LogP contribution is -2.45. The summed E-state index contributed by atoms with van der Waals surface area (Å²) in [5.74, 6) is -0.199. The summed E-state index contributed by atoms with van der Waals surface area (Å²) in [4.78, 5) is 10.5. The Balaban J connectivity index is 2.01. The lowest BCUT2D eigenvalue weighted by Gasteiger charge is -2.27. The maximum Gasteiger partial charge on any atom is 0.303 e. The first-order valence-corrected chi connectivity index (χ1v) is 7.45. The number of carbonyl (C=O) groups is 1. The van der Waals surface area contributed by atoms with Crippen molar-refractivity contribution in [3.05, 3.63) is 29.8 Å². The van der Waals surface area contributed by atoms with Gasteiger partial charge in [-0.1, -0.05) is 18.2 Å². The van der Waals surface area contributed by atoms with Crippen LogP contribution in [-0.4, -0.2) is 37.1 Å².